The van der Waals surface area contributed by atoms with Crippen LogP contribution in [0.2, 0.25) is 10.0 Å². The normalized spacial score (nSPS) is 11.9. The van der Waals surface area contributed by atoms with Gasteiger partial charge in [0.25, 0.3) is 0 Å². The highest BCUT2D eigenvalue weighted by Gasteiger charge is 2.36. The number of hydrogen-bond donors (Lipinski definition) is 1. The van der Waals surface area contributed by atoms with Crippen LogP contribution in [0.15, 0.2) is 12.1 Å². The predicted octanol–water partition coefficient (Wildman–Crippen LogP) is 3.47. The lowest BCUT2D eigenvalue weighted by Crippen LogP contribution is -2.09. The molecule has 0 heterocycles. The number of nitrogens with two attached hydrogens (primary N) is 1. The first-order chi connectivity index (χ1) is 6.38. The lowest BCUT2D eigenvalue weighted by molar-refractivity contribution is -0.137. The summed E-state index contributed by atoms with van der Waals surface area (Å²) in [7, 11) is 0. The molecule has 0 atom stereocenters. The van der Waals surface area contributed by atoms with E-state index in [9.17, 15) is 13.2 Å². The Bertz CT molecular complexity index is 349. The molecule has 0 spiro atoms. The molecule has 0 saturated heterocycles. The molecular weight excluding hydrogens is 238 g/mol. The standard InChI is InChI=1S/C8H6Cl2F3N/c9-5-2-1-4(3-14)7(10)6(5)8(11,12)13/h1-2H,3,14H2. The van der Waals surface area contributed by atoms with Crippen LogP contribution in [0.3, 0.4) is 0 Å². The molecule has 0 aliphatic carbocycles. The SMILES string of the molecule is NCc1ccc(Cl)c(C(F)(F)F)c1Cl. The van der Waals surface area contributed by atoms with Gasteiger partial charge >= 0.3 is 6.18 Å². The third-order valence-electron chi connectivity index (χ3n) is 1.67. The molecule has 0 fully saturated rings. The Labute approximate surface area is 88.6 Å². The highest BCUT2D eigenvalue weighted by atomic mass is 35.5. The van der Waals surface area contributed by atoms with Gasteiger partial charge in [0.2, 0.25) is 0 Å². The molecule has 78 valence electrons. The van der Waals surface area contributed by atoms with E-state index in [4.69, 9.17) is 28.9 Å². The summed E-state index contributed by atoms with van der Waals surface area (Å²) in [4.78, 5) is 0. The molecule has 0 aromatic heterocycles. The van der Waals surface area contributed by atoms with Gasteiger partial charge in [0.15, 0.2) is 0 Å². The lowest BCUT2D eigenvalue weighted by atomic mass is 10.1. The van der Waals surface area contributed by atoms with Gasteiger partial charge in [-0.05, 0) is 11.6 Å². The van der Waals surface area contributed by atoms with Crippen LogP contribution < -0.4 is 5.73 Å². The van der Waals surface area contributed by atoms with E-state index < -0.39 is 21.8 Å². The molecule has 14 heavy (non-hydrogen) atoms. The van der Waals surface area contributed by atoms with Crippen LogP contribution in [0.1, 0.15) is 11.1 Å². The zero-order valence-electron chi connectivity index (χ0n) is 6.83. The van der Waals surface area contributed by atoms with Crippen molar-refractivity contribution in [1.82, 2.24) is 0 Å². The summed E-state index contributed by atoms with van der Waals surface area (Å²) >= 11 is 10.9. The van der Waals surface area contributed by atoms with E-state index in [1.165, 1.54) is 6.07 Å². The van der Waals surface area contributed by atoms with Gasteiger partial charge in [-0.15, -0.1) is 0 Å². The summed E-state index contributed by atoms with van der Waals surface area (Å²) in [6.45, 7) is -0.0565. The second-order valence-corrected chi connectivity index (χ2v) is 3.38. The van der Waals surface area contributed by atoms with Crippen LogP contribution in [0.5, 0.6) is 0 Å². The number of alkyl halides is 3. The molecule has 1 aromatic rings. The Hall–Kier alpha value is -0.450. The monoisotopic (exact) mass is 243 g/mol. The van der Waals surface area contributed by atoms with Crippen LogP contribution in [-0.2, 0) is 12.7 Å². The zero-order valence-corrected chi connectivity index (χ0v) is 8.34. The average molecular weight is 244 g/mol. The van der Waals surface area contributed by atoms with Gasteiger partial charge in [-0.3, -0.25) is 0 Å². The molecule has 1 rings (SSSR count). The van der Waals surface area contributed by atoms with E-state index in [0.29, 0.717) is 0 Å². The Morgan fingerprint density at radius 1 is 1.21 bits per heavy atom. The average Bonchev–Trinajstić information content (AvgIpc) is 2.02. The quantitative estimate of drug-likeness (QED) is 0.804. The fraction of sp³-hybridized carbons (Fsp3) is 0.250. The first kappa shape index (κ1) is 11.6. The maximum atomic E-state index is 12.4. The number of hydrogen-bond acceptors (Lipinski definition) is 1. The molecule has 0 amide bonds. The summed E-state index contributed by atoms with van der Waals surface area (Å²) in [5.74, 6) is 0. The Balaban J connectivity index is 3.40. The maximum absolute atomic E-state index is 12.4. The van der Waals surface area contributed by atoms with Crippen molar-refractivity contribution in [2.24, 2.45) is 5.73 Å². The van der Waals surface area contributed by atoms with Crippen molar-refractivity contribution in [3.8, 4) is 0 Å². The van der Waals surface area contributed by atoms with Crippen LogP contribution in [-0.4, -0.2) is 0 Å². The third-order valence-corrected chi connectivity index (χ3v) is 2.42. The smallest absolute Gasteiger partial charge is 0.326 e. The van der Waals surface area contributed by atoms with Crippen molar-refractivity contribution in [3.05, 3.63) is 33.3 Å². The molecule has 1 nitrogen and oxygen atoms in total. The Morgan fingerprint density at radius 2 is 1.79 bits per heavy atom. The van der Waals surface area contributed by atoms with Gasteiger partial charge in [-0.2, -0.15) is 13.2 Å². The minimum Gasteiger partial charge on any atom is -0.326 e. The van der Waals surface area contributed by atoms with Crippen molar-refractivity contribution in [1.29, 1.82) is 0 Å². The first-order valence-electron chi connectivity index (χ1n) is 3.62. The summed E-state index contributed by atoms with van der Waals surface area (Å²) in [5.41, 5.74) is 4.42. The maximum Gasteiger partial charge on any atom is 0.419 e. The summed E-state index contributed by atoms with van der Waals surface area (Å²) in [5, 5.41) is -0.841. The lowest BCUT2D eigenvalue weighted by Gasteiger charge is -2.13. The van der Waals surface area contributed by atoms with Crippen molar-refractivity contribution in [2.75, 3.05) is 0 Å². The van der Waals surface area contributed by atoms with Gasteiger partial charge in [0.1, 0.15) is 0 Å². The van der Waals surface area contributed by atoms with E-state index in [0.717, 1.165) is 6.07 Å². The number of rotatable bonds is 1. The topological polar surface area (TPSA) is 26.0 Å². The summed E-state index contributed by atoms with van der Waals surface area (Å²) in [6.07, 6.45) is -4.56. The molecule has 2 N–H and O–H groups in total. The van der Waals surface area contributed by atoms with Gasteiger partial charge in [0, 0.05) is 6.54 Å². The molecule has 0 aliphatic rings. The van der Waals surface area contributed by atoms with Crippen molar-refractivity contribution in [2.45, 2.75) is 12.7 Å². The van der Waals surface area contributed by atoms with E-state index in [1.807, 2.05) is 0 Å². The number of halogens is 5. The first-order valence-corrected chi connectivity index (χ1v) is 4.37. The fourth-order valence-corrected chi connectivity index (χ4v) is 1.68. The van der Waals surface area contributed by atoms with Crippen LogP contribution in [0, 0.1) is 0 Å². The molecule has 0 unspecified atom stereocenters. The zero-order chi connectivity index (χ0) is 10.9. The highest BCUT2D eigenvalue weighted by molar-refractivity contribution is 6.36. The van der Waals surface area contributed by atoms with Gasteiger partial charge < -0.3 is 5.73 Å². The van der Waals surface area contributed by atoms with Gasteiger partial charge in [0.05, 0.1) is 15.6 Å². The fourth-order valence-electron chi connectivity index (χ4n) is 1.01. The molecule has 0 aliphatic heterocycles. The molecule has 0 saturated carbocycles. The van der Waals surface area contributed by atoms with Crippen molar-refractivity contribution >= 4 is 23.2 Å². The summed E-state index contributed by atoms with van der Waals surface area (Å²) in [6, 6.07) is 2.51. The molecule has 1 aromatic carbocycles. The van der Waals surface area contributed by atoms with Gasteiger partial charge in [-0.1, -0.05) is 29.3 Å². The van der Waals surface area contributed by atoms with E-state index in [2.05, 4.69) is 0 Å². The van der Waals surface area contributed by atoms with Gasteiger partial charge in [-0.25, -0.2) is 0 Å². The molecule has 0 bridgehead atoms. The van der Waals surface area contributed by atoms with Crippen molar-refractivity contribution < 1.29 is 13.2 Å². The highest BCUT2D eigenvalue weighted by Crippen LogP contribution is 2.40. The van der Waals surface area contributed by atoms with E-state index in [-0.39, 0.29) is 12.1 Å². The Kier molecular flexibility index (Phi) is 3.29. The predicted molar refractivity (Wildman–Crippen MR) is 49.4 cm³/mol. The second kappa shape index (κ2) is 3.96. The van der Waals surface area contributed by atoms with E-state index in [1.54, 1.807) is 0 Å². The number of benzene rings is 1. The molecule has 6 heteroatoms. The molecule has 0 radical (unpaired) electrons. The minimum absolute atomic E-state index is 0.0565. The van der Waals surface area contributed by atoms with E-state index >= 15 is 0 Å². The largest absolute Gasteiger partial charge is 0.419 e. The third kappa shape index (κ3) is 2.13. The second-order valence-electron chi connectivity index (χ2n) is 2.60. The van der Waals surface area contributed by atoms with Crippen LogP contribution >= 0.6 is 23.2 Å². The van der Waals surface area contributed by atoms with Crippen molar-refractivity contribution in [3.63, 3.8) is 0 Å². The Morgan fingerprint density at radius 3 is 2.21 bits per heavy atom. The van der Waals surface area contributed by atoms with Crippen LogP contribution in [0.4, 0.5) is 13.2 Å². The summed E-state index contributed by atoms with van der Waals surface area (Å²) < 4.78 is 37.2. The van der Waals surface area contributed by atoms with Crippen LogP contribution in [0.25, 0.3) is 0 Å². The minimum atomic E-state index is -4.56. The molecular formula is C8H6Cl2F3N.